The summed E-state index contributed by atoms with van der Waals surface area (Å²) < 4.78 is 39.9. The van der Waals surface area contributed by atoms with Gasteiger partial charge in [-0.1, -0.05) is 29.8 Å². The summed E-state index contributed by atoms with van der Waals surface area (Å²) in [7, 11) is 0. The maximum atomic E-state index is 13.3. The molecule has 162 valence electrons. The van der Waals surface area contributed by atoms with Crippen LogP contribution in [0.15, 0.2) is 42.6 Å². The average molecular weight is 429 g/mol. The topological polar surface area (TPSA) is 97.2 Å². The van der Waals surface area contributed by atoms with Crippen LogP contribution in [0, 0.1) is 6.92 Å². The Hall–Kier alpha value is -3.56. The second kappa shape index (κ2) is 7.93. The number of halogens is 3. The Kier molecular flexibility index (Phi) is 5.30. The van der Waals surface area contributed by atoms with Crippen LogP contribution in [-0.2, 0) is 6.18 Å². The molecule has 31 heavy (non-hydrogen) atoms. The fourth-order valence-corrected chi connectivity index (χ4v) is 3.63. The number of alkyl halides is 3. The van der Waals surface area contributed by atoms with Crippen LogP contribution in [0.1, 0.15) is 11.1 Å². The smallest absolute Gasteiger partial charge is 0.383 e. The van der Waals surface area contributed by atoms with E-state index in [9.17, 15) is 13.2 Å². The summed E-state index contributed by atoms with van der Waals surface area (Å²) >= 11 is 0. The molecule has 0 radical (unpaired) electrons. The van der Waals surface area contributed by atoms with Gasteiger partial charge in [-0.2, -0.15) is 23.1 Å². The van der Waals surface area contributed by atoms with Gasteiger partial charge in [0.2, 0.25) is 5.95 Å². The molecular weight excluding hydrogens is 407 g/mol. The van der Waals surface area contributed by atoms with Gasteiger partial charge in [0.05, 0.1) is 11.1 Å². The number of hydrogen-bond acceptors (Lipinski definition) is 7. The molecule has 0 amide bonds. The second-order valence-electron chi connectivity index (χ2n) is 7.38. The summed E-state index contributed by atoms with van der Waals surface area (Å²) in [6.45, 7) is 3.48. The Morgan fingerprint density at radius 2 is 1.45 bits per heavy atom. The first-order valence-corrected chi connectivity index (χ1v) is 9.76. The molecule has 0 bridgehead atoms. The maximum Gasteiger partial charge on any atom is 0.419 e. The van der Waals surface area contributed by atoms with E-state index >= 15 is 0 Å². The van der Waals surface area contributed by atoms with Gasteiger partial charge in [-0.05, 0) is 24.6 Å². The van der Waals surface area contributed by atoms with E-state index in [1.807, 2.05) is 36.1 Å². The van der Waals surface area contributed by atoms with Gasteiger partial charge in [-0.25, -0.2) is 4.98 Å². The Morgan fingerprint density at radius 1 is 0.871 bits per heavy atom. The Bertz CT molecular complexity index is 1050. The number of anilines is 4. The van der Waals surface area contributed by atoms with Crippen molar-refractivity contribution in [3.8, 4) is 11.1 Å². The SMILES string of the molecule is Cc1ccc(-c2c(N)nc(N3CCN(c4ncccc4C(F)(F)F)CC3)nc2N)cc1. The molecule has 0 saturated carbocycles. The number of aryl methyl sites for hydroxylation is 1. The molecule has 3 heterocycles. The lowest BCUT2D eigenvalue weighted by atomic mass is 10.1. The van der Waals surface area contributed by atoms with Gasteiger partial charge in [0.1, 0.15) is 17.5 Å². The molecule has 2 aromatic heterocycles. The van der Waals surface area contributed by atoms with Gasteiger partial charge in [0.15, 0.2) is 0 Å². The van der Waals surface area contributed by atoms with Crippen LogP contribution >= 0.6 is 0 Å². The van der Waals surface area contributed by atoms with Crippen molar-refractivity contribution in [2.45, 2.75) is 13.1 Å². The monoisotopic (exact) mass is 429 g/mol. The van der Waals surface area contributed by atoms with Crippen LogP contribution in [0.3, 0.4) is 0 Å². The summed E-state index contributed by atoms with van der Waals surface area (Å²) in [6, 6.07) is 10.1. The van der Waals surface area contributed by atoms with Gasteiger partial charge in [0.25, 0.3) is 0 Å². The van der Waals surface area contributed by atoms with E-state index in [1.54, 1.807) is 4.90 Å². The van der Waals surface area contributed by atoms with Crippen molar-refractivity contribution in [3.63, 3.8) is 0 Å². The minimum atomic E-state index is -4.46. The van der Waals surface area contributed by atoms with E-state index in [0.29, 0.717) is 37.7 Å². The van der Waals surface area contributed by atoms with Crippen LogP contribution in [-0.4, -0.2) is 41.1 Å². The molecule has 4 rings (SSSR count). The summed E-state index contributed by atoms with van der Waals surface area (Å²) in [5.41, 5.74) is 14.1. The highest BCUT2D eigenvalue weighted by atomic mass is 19.4. The highest BCUT2D eigenvalue weighted by Crippen LogP contribution is 2.36. The molecular formula is C21H22F3N7. The van der Waals surface area contributed by atoms with Crippen molar-refractivity contribution >= 4 is 23.4 Å². The molecule has 0 unspecified atom stereocenters. The lowest BCUT2D eigenvalue weighted by molar-refractivity contribution is -0.137. The summed E-state index contributed by atoms with van der Waals surface area (Å²) in [6.07, 6.45) is -3.09. The molecule has 1 saturated heterocycles. The minimum Gasteiger partial charge on any atom is -0.383 e. The van der Waals surface area contributed by atoms with E-state index in [-0.39, 0.29) is 17.5 Å². The Labute approximate surface area is 177 Å². The first-order valence-electron chi connectivity index (χ1n) is 9.76. The van der Waals surface area contributed by atoms with Crippen molar-refractivity contribution in [2.24, 2.45) is 0 Å². The number of nitrogens with zero attached hydrogens (tertiary/aromatic N) is 5. The number of hydrogen-bond donors (Lipinski definition) is 2. The minimum absolute atomic E-state index is 0.0654. The van der Waals surface area contributed by atoms with E-state index in [2.05, 4.69) is 15.0 Å². The van der Waals surface area contributed by atoms with Crippen LogP contribution < -0.4 is 21.3 Å². The second-order valence-corrected chi connectivity index (χ2v) is 7.38. The molecule has 0 atom stereocenters. The maximum absolute atomic E-state index is 13.3. The lowest BCUT2D eigenvalue weighted by Gasteiger charge is -2.36. The van der Waals surface area contributed by atoms with Crippen LogP contribution in [0.25, 0.3) is 11.1 Å². The summed E-state index contributed by atoms with van der Waals surface area (Å²) in [5, 5.41) is 0. The zero-order valence-electron chi connectivity index (χ0n) is 16.9. The molecule has 3 aromatic rings. The van der Waals surface area contributed by atoms with Gasteiger partial charge in [-0.15, -0.1) is 0 Å². The standard InChI is InChI=1S/C21H22F3N7/c1-13-4-6-14(7-5-13)16-17(25)28-20(29-18(16)26)31-11-9-30(10-12-31)19-15(21(22,23)24)3-2-8-27-19/h2-8H,9-12H2,1H3,(H4,25,26,28,29). The molecule has 0 spiro atoms. The van der Waals surface area contributed by atoms with Crippen molar-refractivity contribution in [1.29, 1.82) is 0 Å². The number of aromatic nitrogens is 3. The number of nitrogens with two attached hydrogens (primary N) is 2. The van der Waals surface area contributed by atoms with Crippen LogP contribution in [0.4, 0.5) is 36.6 Å². The van der Waals surface area contributed by atoms with E-state index in [4.69, 9.17) is 11.5 Å². The van der Waals surface area contributed by atoms with Crippen molar-refractivity contribution < 1.29 is 13.2 Å². The molecule has 1 aliphatic rings. The predicted octanol–water partition coefficient (Wildman–Crippen LogP) is 3.36. The zero-order valence-corrected chi connectivity index (χ0v) is 16.9. The zero-order chi connectivity index (χ0) is 22.2. The summed E-state index contributed by atoms with van der Waals surface area (Å²) in [5.74, 6) is 0.822. The molecule has 0 aliphatic carbocycles. The van der Waals surface area contributed by atoms with Crippen LogP contribution in [0.2, 0.25) is 0 Å². The molecule has 7 nitrogen and oxygen atoms in total. The highest BCUT2D eigenvalue weighted by molar-refractivity contribution is 5.83. The van der Waals surface area contributed by atoms with Gasteiger partial charge in [-0.3, -0.25) is 0 Å². The fraction of sp³-hybridized carbons (Fsp3) is 0.286. The molecule has 10 heteroatoms. The molecule has 1 aromatic carbocycles. The van der Waals surface area contributed by atoms with Crippen LogP contribution in [0.5, 0.6) is 0 Å². The highest BCUT2D eigenvalue weighted by Gasteiger charge is 2.36. The van der Waals surface area contributed by atoms with Crippen molar-refractivity contribution in [1.82, 2.24) is 15.0 Å². The van der Waals surface area contributed by atoms with E-state index in [1.165, 1.54) is 12.3 Å². The lowest BCUT2D eigenvalue weighted by Crippen LogP contribution is -2.48. The third-order valence-electron chi connectivity index (χ3n) is 5.25. The third-order valence-corrected chi connectivity index (χ3v) is 5.25. The van der Waals surface area contributed by atoms with Crippen molar-refractivity contribution in [3.05, 3.63) is 53.7 Å². The summed E-state index contributed by atoms with van der Waals surface area (Å²) in [4.78, 5) is 16.3. The largest absolute Gasteiger partial charge is 0.419 e. The van der Waals surface area contributed by atoms with E-state index in [0.717, 1.165) is 17.2 Å². The number of rotatable bonds is 3. The first kappa shape index (κ1) is 20.7. The molecule has 1 fully saturated rings. The number of piperazine rings is 1. The van der Waals surface area contributed by atoms with Gasteiger partial charge in [0, 0.05) is 32.4 Å². The number of nitrogen functional groups attached to an aromatic ring is 2. The Balaban J connectivity index is 1.53. The third kappa shape index (κ3) is 4.18. The normalized spacial score (nSPS) is 14.7. The number of pyridine rings is 1. The quantitative estimate of drug-likeness (QED) is 0.659. The average Bonchev–Trinajstić information content (AvgIpc) is 2.74. The van der Waals surface area contributed by atoms with Gasteiger partial charge >= 0.3 is 6.18 Å². The fourth-order valence-electron chi connectivity index (χ4n) is 3.63. The number of benzene rings is 1. The van der Waals surface area contributed by atoms with Gasteiger partial charge < -0.3 is 21.3 Å². The Morgan fingerprint density at radius 3 is 2.03 bits per heavy atom. The predicted molar refractivity (Wildman–Crippen MR) is 115 cm³/mol. The van der Waals surface area contributed by atoms with Crippen molar-refractivity contribution in [2.75, 3.05) is 47.4 Å². The first-order chi connectivity index (χ1) is 14.7. The molecule has 1 aliphatic heterocycles. The molecule has 4 N–H and O–H groups in total. The van der Waals surface area contributed by atoms with E-state index < -0.39 is 11.7 Å².